The number of amides is 1. The number of aliphatic hydroxyl groups is 2. The van der Waals surface area contributed by atoms with E-state index in [1.165, 1.54) is 12.1 Å². The highest BCUT2D eigenvalue weighted by molar-refractivity contribution is 7.98. The van der Waals surface area contributed by atoms with Gasteiger partial charge in [-0.2, -0.15) is 0 Å². The van der Waals surface area contributed by atoms with Crippen molar-refractivity contribution in [2.24, 2.45) is 22.9 Å². The van der Waals surface area contributed by atoms with Crippen LogP contribution in [0.15, 0.2) is 101 Å². The van der Waals surface area contributed by atoms with Crippen LogP contribution in [-0.2, 0) is 25.6 Å². The van der Waals surface area contributed by atoms with Gasteiger partial charge in [-0.3, -0.25) is 4.90 Å². The van der Waals surface area contributed by atoms with Gasteiger partial charge in [-0.25, -0.2) is 9.18 Å². The number of ether oxygens (including phenoxy) is 5. The van der Waals surface area contributed by atoms with Gasteiger partial charge in [0.25, 0.3) is 0 Å². The Morgan fingerprint density at radius 1 is 1.02 bits per heavy atom. The maximum Gasteiger partial charge on any atom is 0.410 e. The highest BCUT2D eigenvalue weighted by Crippen LogP contribution is 2.62. The summed E-state index contributed by atoms with van der Waals surface area (Å²) in [6.45, 7) is 6.85. The maximum absolute atomic E-state index is 14.4. The minimum absolute atomic E-state index is 0.0233. The molecule has 3 aromatic carbocycles. The average molecular weight is 873 g/mol. The normalized spacial score (nSPS) is 25.8. The molecule has 11 nitrogen and oxygen atoms in total. The lowest BCUT2D eigenvalue weighted by molar-refractivity contribution is -0.256. The first kappa shape index (κ1) is 45.6. The smallest absolute Gasteiger partial charge is 0.410 e. The van der Waals surface area contributed by atoms with E-state index in [4.69, 9.17) is 33.7 Å². The molecule has 0 bridgehead atoms. The second-order valence-corrected chi connectivity index (χ2v) is 17.3. The van der Waals surface area contributed by atoms with Crippen molar-refractivity contribution in [3.8, 4) is 17.2 Å². The third-order valence-corrected chi connectivity index (χ3v) is 13.2. The molecular formula is C49H61FN2O9S. The third-order valence-electron chi connectivity index (χ3n) is 12.5. The van der Waals surface area contributed by atoms with E-state index in [1.54, 1.807) is 41.8 Å². The summed E-state index contributed by atoms with van der Waals surface area (Å²) in [6.07, 6.45) is 12.2. The molecule has 2 fully saturated rings. The lowest BCUT2D eigenvalue weighted by Gasteiger charge is -2.59. The molecule has 1 saturated heterocycles. The number of carbonyl (C=O) groups is 1. The van der Waals surface area contributed by atoms with Gasteiger partial charge >= 0.3 is 6.09 Å². The molecule has 2 aliphatic carbocycles. The summed E-state index contributed by atoms with van der Waals surface area (Å²) in [5, 5.41) is 24.8. The summed E-state index contributed by atoms with van der Waals surface area (Å²) >= 11 is 1.66. The van der Waals surface area contributed by atoms with Crippen molar-refractivity contribution in [3.05, 3.63) is 108 Å². The zero-order valence-corrected chi connectivity index (χ0v) is 36.7. The lowest BCUT2D eigenvalue weighted by Crippen LogP contribution is -2.70. The van der Waals surface area contributed by atoms with E-state index in [2.05, 4.69) is 18.7 Å². The Bertz CT molecular complexity index is 2010. The number of hydrogen-bond acceptors (Lipinski definition) is 11. The Hall–Kier alpha value is -4.40. The van der Waals surface area contributed by atoms with Crippen molar-refractivity contribution in [1.82, 2.24) is 4.90 Å². The number of thioether (sulfide) groups is 1. The van der Waals surface area contributed by atoms with Crippen LogP contribution < -0.4 is 9.47 Å². The molecule has 334 valence electrons. The molecule has 0 radical (unpaired) electrons. The number of fused-ring (bicyclic) bond motifs is 2. The van der Waals surface area contributed by atoms with Crippen LogP contribution in [0.3, 0.4) is 0 Å². The summed E-state index contributed by atoms with van der Waals surface area (Å²) in [5.41, 5.74) is 3.20. The molecule has 2 N–H and O–H groups in total. The largest absolute Gasteiger partial charge is 0.459 e. The van der Waals surface area contributed by atoms with Crippen molar-refractivity contribution < 1.29 is 47.9 Å². The van der Waals surface area contributed by atoms with Gasteiger partial charge in [0.15, 0.2) is 0 Å². The van der Waals surface area contributed by atoms with Crippen LogP contribution in [0, 0.1) is 23.6 Å². The summed E-state index contributed by atoms with van der Waals surface area (Å²) in [7, 11) is 0. The molecule has 0 aromatic heterocycles. The van der Waals surface area contributed by atoms with Crippen molar-refractivity contribution in [1.29, 1.82) is 0 Å². The molecular weight excluding hydrogens is 812 g/mol. The second-order valence-electron chi connectivity index (χ2n) is 16.4. The molecule has 3 aromatic rings. The number of hydrogen-bond donors (Lipinski definition) is 2. The van der Waals surface area contributed by atoms with E-state index in [-0.39, 0.29) is 63.0 Å². The van der Waals surface area contributed by atoms with E-state index in [1.807, 2.05) is 42.7 Å². The van der Waals surface area contributed by atoms with Crippen molar-refractivity contribution in [3.63, 3.8) is 0 Å². The summed E-state index contributed by atoms with van der Waals surface area (Å²) in [4.78, 5) is 23.5. The van der Waals surface area contributed by atoms with Gasteiger partial charge in [0.1, 0.15) is 29.1 Å². The molecule has 7 unspecified atom stereocenters. The van der Waals surface area contributed by atoms with Gasteiger partial charge < -0.3 is 38.7 Å². The zero-order chi connectivity index (χ0) is 43.5. The minimum atomic E-state index is -1.49. The quantitative estimate of drug-likeness (QED) is 0.0490. The van der Waals surface area contributed by atoms with Gasteiger partial charge in [0, 0.05) is 49.0 Å². The lowest BCUT2D eigenvalue weighted by atomic mass is 9.55. The van der Waals surface area contributed by atoms with Crippen LogP contribution in [-0.4, -0.2) is 84.3 Å². The average Bonchev–Trinajstić information content (AvgIpc) is 3.29. The number of nitrogens with zero attached hydrogens (tertiary/aromatic N) is 2. The highest BCUT2D eigenvalue weighted by Gasteiger charge is 2.65. The first-order chi connectivity index (χ1) is 30.3. The van der Waals surface area contributed by atoms with Crippen LogP contribution in [0.1, 0.15) is 88.2 Å². The summed E-state index contributed by atoms with van der Waals surface area (Å²) in [6, 6.07) is 19.1. The molecule has 13 heteroatoms. The molecule has 1 amide bonds. The second kappa shape index (κ2) is 21.8. The maximum atomic E-state index is 14.4. The van der Waals surface area contributed by atoms with Crippen molar-refractivity contribution in [2.45, 2.75) is 107 Å². The van der Waals surface area contributed by atoms with Gasteiger partial charge in [-0.1, -0.05) is 42.3 Å². The fourth-order valence-electron chi connectivity index (χ4n) is 9.70. The number of benzene rings is 3. The minimum Gasteiger partial charge on any atom is -0.459 e. The monoisotopic (exact) mass is 872 g/mol. The predicted octanol–water partition coefficient (Wildman–Crippen LogP) is 10.2. The van der Waals surface area contributed by atoms with E-state index in [0.29, 0.717) is 54.4 Å². The number of aliphatic hydroxyl groups excluding tert-OH is 2. The Morgan fingerprint density at radius 2 is 1.77 bits per heavy atom. The van der Waals surface area contributed by atoms with Crippen LogP contribution >= 0.6 is 11.8 Å². The molecule has 4 aliphatic rings. The summed E-state index contributed by atoms with van der Waals surface area (Å²) < 4.78 is 47.0. The molecule has 62 heavy (non-hydrogen) atoms. The Balaban J connectivity index is 1.44. The number of halogens is 1. The number of allylic oxidation sites excluding steroid dienone is 1. The van der Waals surface area contributed by atoms with E-state index < -0.39 is 30.1 Å². The number of unbranched alkanes of at least 4 members (excludes halogenated alkanes) is 2. The zero-order valence-electron chi connectivity index (χ0n) is 35.9. The summed E-state index contributed by atoms with van der Waals surface area (Å²) in [5.74, 6) is -0.633. The predicted molar refractivity (Wildman–Crippen MR) is 237 cm³/mol. The van der Waals surface area contributed by atoms with Crippen LogP contribution in [0.2, 0.25) is 0 Å². The van der Waals surface area contributed by atoms with Gasteiger partial charge in [-0.15, -0.1) is 18.3 Å². The van der Waals surface area contributed by atoms with Gasteiger partial charge in [0.2, 0.25) is 12.1 Å². The van der Waals surface area contributed by atoms with Crippen LogP contribution in [0.5, 0.6) is 17.2 Å². The molecule has 2 aliphatic heterocycles. The Labute approximate surface area is 369 Å². The van der Waals surface area contributed by atoms with E-state index >= 15 is 0 Å². The number of oxime groups is 1. The SMILES string of the molecule is C=CCOC12Oc3ccc(Oc4ccc(SC)cc4)cc3C3C(CCCCO)C(CCCCO)C=C(C(=NOC4CCCCO4)CC1N(Cc1ccc(F)cc1)C(=O)OCC)C32. The van der Waals surface area contributed by atoms with E-state index in [0.717, 1.165) is 54.6 Å². The first-order valence-corrected chi connectivity index (χ1v) is 23.4. The topological polar surface area (TPSA) is 129 Å². The molecule has 1 saturated carbocycles. The molecule has 7 atom stereocenters. The fraction of sp³-hybridized carbons (Fsp3) is 0.510. The van der Waals surface area contributed by atoms with Crippen LogP contribution in [0.25, 0.3) is 0 Å². The van der Waals surface area contributed by atoms with E-state index in [9.17, 15) is 19.4 Å². The number of rotatable bonds is 20. The van der Waals surface area contributed by atoms with Gasteiger partial charge in [-0.05, 0) is 129 Å². The standard InChI is InChI=1S/C49H61FN2O9S/c1-4-27-58-49-44(52(48(55)56-5-2)32-33-15-17-35(50)18-16-33)31-42(51-61-45-14-8-11-28-57-45)40-29-34(12-6-9-25-53)39(13-7-10-26-54)46(47(40)49)41-30-37(21-24-43(41)60-49)59-36-19-22-38(62-3)23-20-36/h4,15-24,29-30,34,39,44-47,53-54H,1,5-14,25-28,31-32H2,2-3H3. The van der Waals surface area contributed by atoms with Crippen molar-refractivity contribution in [2.75, 3.05) is 39.3 Å². The van der Waals surface area contributed by atoms with Crippen molar-refractivity contribution >= 4 is 23.6 Å². The Kier molecular flexibility index (Phi) is 16.0. The van der Waals surface area contributed by atoms with Gasteiger partial charge in [0.05, 0.1) is 31.5 Å². The Morgan fingerprint density at radius 3 is 2.47 bits per heavy atom. The van der Waals surface area contributed by atoms with Crippen LogP contribution in [0.4, 0.5) is 9.18 Å². The molecule has 2 heterocycles. The third kappa shape index (κ3) is 10.3. The highest BCUT2D eigenvalue weighted by atomic mass is 32.2. The molecule has 7 rings (SSSR count). The first-order valence-electron chi connectivity index (χ1n) is 22.2. The molecule has 0 spiro atoms. The fourth-order valence-corrected chi connectivity index (χ4v) is 10.1. The number of carbonyl (C=O) groups excluding carboxylic acids is 1.